The van der Waals surface area contributed by atoms with Crippen LogP contribution in [0.4, 0.5) is 4.39 Å². The van der Waals surface area contributed by atoms with Gasteiger partial charge < -0.3 is 9.84 Å². The third-order valence-electron chi connectivity index (χ3n) is 5.09. The molecule has 1 N–H and O–H groups in total. The highest BCUT2D eigenvalue weighted by atomic mass is 19.1. The molecule has 0 bridgehead atoms. The molecule has 5 heteroatoms. The second-order valence-electron chi connectivity index (χ2n) is 7.04. The van der Waals surface area contributed by atoms with Crippen molar-refractivity contribution in [2.45, 2.75) is 32.5 Å². The standard InChI is InChI=1S/C22H29FN2O2/c1-2-27-22-9-4-3-7-19(22)16-25-12-11-24(17-21(25)10-13-26)15-18-6-5-8-20(23)14-18/h3-9,14,21,26H,2,10-13,15-17H2,1H3/t21-/m1/s1. The fourth-order valence-electron chi connectivity index (χ4n) is 3.77. The molecule has 4 nitrogen and oxygen atoms in total. The van der Waals surface area contributed by atoms with E-state index in [-0.39, 0.29) is 18.5 Å². The van der Waals surface area contributed by atoms with Gasteiger partial charge in [0, 0.05) is 50.9 Å². The molecule has 146 valence electrons. The zero-order valence-electron chi connectivity index (χ0n) is 16.0. The van der Waals surface area contributed by atoms with Gasteiger partial charge in [-0.3, -0.25) is 9.80 Å². The Morgan fingerprint density at radius 3 is 2.74 bits per heavy atom. The summed E-state index contributed by atoms with van der Waals surface area (Å²) in [5.74, 6) is 0.746. The molecule has 0 aromatic heterocycles. The molecule has 2 aromatic carbocycles. The van der Waals surface area contributed by atoms with E-state index in [0.717, 1.165) is 50.5 Å². The Balaban J connectivity index is 1.66. The van der Waals surface area contributed by atoms with Crippen molar-refractivity contribution in [3.63, 3.8) is 0 Å². The molecule has 0 amide bonds. The van der Waals surface area contributed by atoms with Gasteiger partial charge in [0.05, 0.1) is 6.61 Å². The van der Waals surface area contributed by atoms with E-state index in [4.69, 9.17) is 4.74 Å². The van der Waals surface area contributed by atoms with Crippen molar-refractivity contribution in [2.24, 2.45) is 0 Å². The molecule has 0 saturated carbocycles. The average molecular weight is 372 g/mol. The van der Waals surface area contributed by atoms with Crippen LogP contribution in [-0.2, 0) is 13.1 Å². The highest BCUT2D eigenvalue weighted by Crippen LogP contribution is 2.24. The first-order chi connectivity index (χ1) is 13.2. The van der Waals surface area contributed by atoms with Crippen LogP contribution in [0.1, 0.15) is 24.5 Å². The number of ether oxygens (including phenoxy) is 1. The number of rotatable bonds is 8. The van der Waals surface area contributed by atoms with Gasteiger partial charge in [-0.05, 0) is 37.1 Å². The first-order valence-corrected chi connectivity index (χ1v) is 9.72. The maximum absolute atomic E-state index is 13.5. The summed E-state index contributed by atoms with van der Waals surface area (Å²) in [7, 11) is 0. The summed E-state index contributed by atoms with van der Waals surface area (Å²) < 4.78 is 19.2. The van der Waals surface area contributed by atoms with E-state index in [9.17, 15) is 9.50 Å². The van der Waals surface area contributed by atoms with Crippen molar-refractivity contribution >= 4 is 0 Å². The zero-order valence-corrected chi connectivity index (χ0v) is 16.0. The van der Waals surface area contributed by atoms with Crippen molar-refractivity contribution in [1.82, 2.24) is 9.80 Å². The van der Waals surface area contributed by atoms with Crippen LogP contribution < -0.4 is 4.74 Å². The van der Waals surface area contributed by atoms with Gasteiger partial charge >= 0.3 is 0 Å². The third-order valence-corrected chi connectivity index (χ3v) is 5.09. The number of aliphatic hydroxyl groups excluding tert-OH is 1. The highest BCUT2D eigenvalue weighted by Gasteiger charge is 2.27. The molecule has 1 aliphatic heterocycles. The smallest absolute Gasteiger partial charge is 0.123 e. The summed E-state index contributed by atoms with van der Waals surface area (Å²) in [5, 5.41) is 9.53. The van der Waals surface area contributed by atoms with E-state index in [2.05, 4.69) is 15.9 Å². The molecule has 1 atom stereocenters. The van der Waals surface area contributed by atoms with Gasteiger partial charge in [-0.25, -0.2) is 4.39 Å². The van der Waals surface area contributed by atoms with Gasteiger partial charge in [-0.1, -0.05) is 30.3 Å². The molecule has 1 fully saturated rings. The van der Waals surface area contributed by atoms with Crippen molar-refractivity contribution in [3.8, 4) is 5.75 Å². The van der Waals surface area contributed by atoms with Gasteiger partial charge in [0.1, 0.15) is 11.6 Å². The van der Waals surface area contributed by atoms with Gasteiger partial charge in [0.2, 0.25) is 0 Å². The van der Waals surface area contributed by atoms with Crippen LogP contribution in [0, 0.1) is 5.82 Å². The number of halogens is 1. The second kappa shape index (κ2) is 9.83. The Morgan fingerprint density at radius 1 is 1.11 bits per heavy atom. The Morgan fingerprint density at radius 2 is 1.96 bits per heavy atom. The third kappa shape index (κ3) is 5.51. The number of nitrogens with zero attached hydrogens (tertiary/aromatic N) is 2. The van der Waals surface area contributed by atoms with Gasteiger partial charge in [-0.2, -0.15) is 0 Å². The maximum atomic E-state index is 13.5. The van der Waals surface area contributed by atoms with Crippen LogP contribution in [0.5, 0.6) is 5.75 Å². The number of hydrogen-bond acceptors (Lipinski definition) is 4. The number of hydrogen-bond donors (Lipinski definition) is 1. The summed E-state index contributed by atoms with van der Waals surface area (Å²) in [6.45, 7) is 7.08. The summed E-state index contributed by atoms with van der Waals surface area (Å²) >= 11 is 0. The number of aliphatic hydroxyl groups is 1. The molecule has 0 aliphatic carbocycles. The van der Waals surface area contributed by atoms with E-state index < -0.39 is 0 Å². The molecule has 0 spiro atoms. The normalized spacial score (nSPS) is 18.6. The fraction of sp³-hybridized carbons (Fsp3) is 0.455. The van der Waals surface area contributed by atoms with Gasteiger partial charge in [-0.15, -0.1) is 0 Å². The van der Waals surface area contributed by atoms with Crippen LogP contribution in [0.3, 0.4) is 0 Å². The fourth-order valence-corrected chi connectivity index (χ4v) is 3.77. The highest BCUT2D eigenvalue weighted by molar-refractivity contribution is 5.33. The summed E-state index contributed by atoms with van der Waals surface area (Å²) in [6.07, 6.45) is 0.733. The quantitative estimate of drug-likeness (QED) is 0.771. The summed E-state index contributed by atoms with van der Waals surface area (Å²) in [6, 6.07) is 15.2. The molecule has 27 heavy (non-hydrogen) atoms. The largest absolute Gasteiger partial charge is 0.494 e. The summed E-state index contributed by atoms with van der Waals surface area (Å²) in [5.41, 5.74) is 2.17. The first-order valence-electron chi connectivity index (χ1n) is 9.72. The van der Waals surface area contributed by atoms with E-state index in [1.54, 1.807) is 12.1 Å². The van der Waals surface area contributed by atoms with E-state index in [1.165, 1.54) is 11.6 Å². The van der Waals surface area contributed by atoms with Crippen LogP contribution in [0.15, 0.2) is 48.5 Å². The zero-order chi connectivity index (χ0) is 19.1. The van der Waals surface area contributed by atoms with Crippen LogP contribution in [0.2, 0.25) is 0 Å². The molecular weight excluding hydrogens is 343 g/mol. The van der Waals surface area contributed by atoms with Crippen LogP contribution in [-0.4, -0.2) is 53.8 Å². The van der Waals surface area contributed by atoms with Crippen molar-refractivity contribution < 1.29 is 14.2 Å². The Labute approximate surface area is 161 Å². The Kier molecular flexibility index (Phi) is 7.21. The Hall–Kier alpha value is -1.95. The lowest BCUT2D eigenvalue weighted by Gasteiger charge is -2.41. The van der Waals surface area contributed by atoms with Crippen LogP contribution >= 0.6 is 0 Å². The van der Waals surface area contributed by atoms with E-state index in [0.29, 0.717) is 6.61 Å². The Bertz CT molecular complexity index is 725. The molecule has 2 aromatic rings. The summed E-state index contributed by atoms with van der Waals surface area (Å²) in [4.78, 5) is 4.77. The lowest BCUT2D eigenvalue weighted by atomic mass is 10.1. The number of piperazine rings is 1. The SMILES string of the molecule is CCOc1ccccc1CN1CCN(Cc2cccc(F)c2)C[C@H]1CCO. The number of para-hydroxylation sites is 1. The van der Waals surface area contributed by atoms with Crippen molar-refractivity contribution in [1.29, 1.82) is 0 Å². The van der Waals surface area contributed by atoms with Crippen molar-refractivity contribution in [2.75, 3.05) is 32.8 Å². The lowest BCUT2D eigenvalue weighted by Crippen LogP contribution is -2.52. The molecule has 0 radical (unpaired) electrons. The molecule has 1 aliphatic rings. The minimum Gasteiger partial charge on any atom is -0.494 e. The van der Waals surface area contributed by atoms with E-state index >= 15 is 0 Å². The molecule has 3 rings (SSSR count). The predicted molar refractivity (Wildman–Crippen MR) is 105 cm³/mol. The van der Waals surface area contributed by atoms with Gasteiger partial charge in [0.25, 0.3) is 0 Å². The van der Waals surface area contributed by atoms with Gasteiger partial charge in [0.15, 0.2) is 0 Å². The monoisotopic (exact) mass is 372 g/mol. The molecular formula is C22H29FN2O2. The minimum absolute atomic E-state index is 0.169. The average Bonchev–Trinajstić information content (AvgIpc) is 2.66. The number of benzene rings is 2. The van der Waals surface area contributed by atoms with Crippen molar-refractivity contribution in [3.05, 3.63) is 65.5 Å². The second-order valence-corrected chi connectivity index (χ2v) is 7.04. The topological polar surface area (TPSA) is 35.9 Å². The molecule has 1 saturated heterocycles. The van der Waals surface area contributed by atoms with Crippen LogP contribution in [0.25, 0.3) is 0 Å². The predicted octanol–water partition coefficient (Wildman–Crippen LogP) is 3.29. The first kappa shape index (κ1) is 19.8. The minimum atomic E-state index is -0.189. The molecule has 0 unspecified atom stereocenters. The molecule has 1 heterocycles. The lowest BCUT2D eigenvalue weighted by molar-refractivity contribution is 0.0494. The maximum Gasteiger partial charge on any atom is 0.123 e. The van der Waals surface area contributed by atoms with E-state index in [1.807, 2.05) is 31.2 Å².